The first-order valence-corrected chi connectivity index (χ1v) is 6.89. The van der Waals surface area contributed by atoms with E-state index < -0.39 is 0 Å². The molecule has 0 aromatic heterocycles. The van der Waals surface area contributed by atoms with Gasteiger partial charge in [-0.15, -0.1) is 0 Å². The van der Waals surface area contributed by atoms with Crippen LogP contribution in [-0.4, -0.2) is 13.7 Å². The maximum atomic E-state index is 5.55. The lowest BCUT2D eigenvalue weighted by atomic mass is 9.98. The van der Waals surface area contributed by atoms with E-state index in [9.17, 15) is 0 Å². The van der Waals surface area contributed by atoms with Crippen molar-refractivity contribution in [2.75, 3.05) is 13.7 Å². The third-order valence-corrected chi connectivity index (χ3v) is 3.87. The Labute approximate surface area is 113 Å². The molecule has 0 radical (unpaired) electrons. The number of aryl methyl sites for hydroxylation is 1. The molecule has 0 fully saturated rings. The molecular formula is C14H22BrNO. The number of hydrogen-bond acceptors (Lipinski definition) is 2. The number of benzene rings is 1. The molecule has 2 nitrogen and oxygen atoms in total. The standard InChI is InChI=1S/C14H22BrNO/c1-6-7-16-11(4)13-10(3)12(15)8-9(2)14(13)17-5/h8,11,16H,6-7H2,1-5H3. The van der Waals surface area contributed by atoms with Gasteiger partial charge in [-0.3, -0.25) is 0 Å². The molecule has 0 bridgehead atoms. The lowest BCUT2D eigenvalue weighted by Gasteiger charge is -2.22. The van der Waals surface area contributed by atoms with Crippen LogP contribution in [0.1, 0.15) is 43.0 Å². The average molecular weight is 300 g/mol. The highest BCUT2D eigenvalue weighted by Gasteiger charge is 2.17. The summed E-state index contributed by atoms with van der Waals surface area (Å²) < 4.78 is 6.70. The number of nitrogens with one attached hydrogen (secondary N) is 1. The highest BCUT2D eigenvalue weighted by Crippen LogP contribution is 2.36. The molecule has 1 aromatic carbocycles. The van der Waals surface area contributed by atoms with E-state index in [0.29, 0.717) is 6.04 Å². The summed E-state index contributed by atoms with van der Waals surface area (Å²) in [6.07, 6.45) is 1.14. The summed E-state index contributed by atoms with van der Waals surface area (Å²) in [5.41, 5.74) is 3.68. The summed E-state index contributed by atoms with van der Waals surface area (Å²) in [4.78, 5) is 0. The van der Waals surface area contributed by atoms with Gasteiger partial charge in [-0.05, 0) is 50.9 Å². The van der Waals surface area contributed by atoms with Crippen LogP contribution in [0, 0.1) is 13.8 Å². The van der Waals surface area contributed by atoms with Gasteiger partial charge in [-0.2, -0.15) is 0 Å². The molecular weight excluding hydrogens is 278 g/mol. The predicted octanol–water partition coefficient (Wildman–Crippen LogP) is 4.14. The van der Waals surface area contributed by atoms with Crippen LogP contribution in [-0.2, 0) is 0 Å². The molecule has 1 rings (SSSR count). The fraction of sp³-hybridized carbons (Fsp3) is 0.571. The third-order valence-electron chi connectivity index (χ3n) is 3.05. The largest absolute Gasteiger partial charge is 0.496 e. The van der Waals surface area contributed by atoms with Crippen molar-refractivity contribution in [2.24, 2.45) is 0 Å². The molecule has 0 amide bonds. The minimum absolute atomic E-state index is 0.307. The zero-order valence-electron chi connectivity index (χ0n) is 11.4. The van der Waals surface area contributed by atoms with Crippen molar-refractivity contribution < 1.29 is 4.74 Å². The second-order valence-corrected chi connectivity index (χ2v) is 5.28. The minimum atomic E-state index is 0.307. The second-order valence-electron chi connectivity index (χ2n) is 4.42. The van der Waals surface area contributed by atoms with Gasteiger partial charge in [0.1, 0.15) is 5.75 Å². The van der Waals surface area contributed by atoms with Gasteiger partial charge in [-0.1, -0.05) is 22.9 Å². The van der Waals surface area contributed by atoms with E-state index in [0.717, 1.165) is 23.2 Å². The van der Waals surface area contributed by atoms with Crippen molar-refractivity contribution in [3.63, 3.8) is 0 Å². The molecule has 0 aliphatic rings. The molecule has 1 unspecified atom stereocenters. The van der Waals surface area contributed by atoms with Crippen molar-refractivity contribution in [1.29, 1.82) is 0 Å². The molecule has 0 saturated heterocycles. The molecule has 1 atom stereocenters. The molecule has 0 aliphatic heterocycles. The van der Waals surface area contributed by atoms with Crippen molar-refractivity contribution in [3.8, 4) is 5.75 Å². The molecule has 96 valence electrons. The van der Waals surface area contributed by atoms with Crippen molar-refractivity contribution in [1.82, 2.24) is 5.32 Å². The van der Waals surface area contributed by atoms with Gasteiger partial charge in [-0.25, -0.2) is 0 Å². The molecule has 0 aliphatic carbocycles. The zero-order valence-corrected chi connectivity index (χ0v) is 12.9. The van der Waals surface area contributed by atoms with Crippen LogP contribution in [0.15, 0.2) is 10.5 Å². The van der Waals surface area contributed by atoms with E-state index in [4.69, 9.17) is 4.74 Å². The fourth-order valence-corrected chi connectivity index (χ4v) is 2.69. The van der Waals surface area contributed by atoms with Crippen LogP contribution in [0.4, 0.5) is 0 Å². The summed E-state index contributed by atoms with van der Waals surface area (Å²) in [5, 5.41) is 3.52. The maximum absolute atomic E-state index is 5.55. The summed E-state index contributed by atoms with van der Waals surface area (Å²) >= 11 is 3.61. The maximum Gasteiger partial charge on any atom is 0.126 e. The van der Waals surface area contributed by atoms with Gasteiger partial charge in [0, 0.05) is 16.1 Å². The van der Waals surface area contributed by atoms with Gasteiger partial charge >= 0.3 is 0 Å². The first kappa shape index (κ1) is 14.5. The molecule has 3 heteroatoms. The van der Waals surface area contributed by atoms with E-state index in [2.05, 4.69) is 55.0 Å². The van der Waals surface area contributed by atoms with E-state index >= 15 is 0 Å². The molecule has 0 spiro atoms. The van der Waals surface area contributed by atoms with Crippen molar-refractivity contribution in [2.45, 2.75) is 40.2 Å². The smallest absolute Gasteiger partial charge is 0.126 e. The lowest BCUT2D eigenvalue weighted by molar-refractivity contribution is 0.397. The highest BCUT2D eigenvalue weighted by molar-refractivity contribution is 9.10. The SMILES string of the molecule is CCCNC(C)c1c(C)c(Br)cc(C)c1OC. The second kappa shape index (κ2) is 6.41. The quantitative estimate of drug-likeness (QED) is 0.882. The summed E-state index contributed by atoms with van der Waals surface area (Å²) in [6.45, 7) is 9.60. The topological polar surface area (TPSA) is 21.3 Å². The summed E-state index contributed by atoms with van der Waals surface area (Å²) in [7, 11) is 1.74. The Balaban J connectivity index is 3.19. The monoisotopic (exact) mass is 299 g/mol. The van der Waals surface area contributed by atoms with E-state index in [1.165, 1.54) is 16.7 Å². The first-order chi connectivity index (χ1) is 8.02. The van der Waals surface area contributed by atoms with Crippen molar-refractivity contribution in [3.05, 3.63) is 27.2 Å². The number of rotatable bonds is 5. The van der Waals surface area contributed by atoms with E-state index in [1.807, 2.05) is 0 Å². The molecule has 0 heterocycles. The van der Waals surface area contributed by atoms with Crippen LogP contribution in [0.5, 0.6) is 5.75 Å². The van der Waals surface area contributed by atoms with E-state index in [-0.39, 0.29) is 0 Å². The molecule has 0 saturated carbocycles. The molecule has 1 N–H and O–H groups in total. The van der Waals surface area contributed by atoms with Crippen LogP contribution in [0.25, 0.3) is 0 Å². The lowest BCUT2D eigenvalue weighted by Crippen LogP contribution is -2.21. The summed E-state index contributed by atoms with van der Waals surface area (Å²) in [6, 6.07) is 2.42. The first-order valence-electron chi connectivity index (χ1n) is 6.09. The fourth-order valence-electron chi connectivity index (χ4n) is 2.13. The third kappa shape index (κ3) is 3.23. The average Bonchev–Trinajstić information content (AvgIpc) is 2.30. The Morgan fingerprint density at radius 2 is 2.06 bits per heavy atom. The zero-order chi connectivity index (χ0) is 13.0. The minimum Gasteiger partial charge on any atom is -0.496 e. The number of methoxy groups -OCH3 is 1. The van der Waals surface area contributed by atoms with Crippen LogP contribution >= 0.6 is 15.9 Å². The number of ether oxygens (including phenoxy) is 1. The Kier molecular flexibility index (Phi) is 5.47. The Hall–Kier alpha value is -0.540. The Bertz CT molecular complexity index is 390. The van der Waals surface area contributed by atoms with Gasteiger partial charge in [0.15, 0.2) is 0 Å². The van der Waals surface area contributed by atoms with Gasteiger partial charge in [0.2, 0.25) is 0 Å². The predicted molar refractivity (Wildman–Crippen MR) is 76.9 cm³/mol. The van der Waals surface area contributed by atoms with E-state index in [1.54, 1.807) is 7.11 Å². The van der Waals surface area contributed by atoms with Gasteiger partial charge in [0.05, 0.1) is 7.11 Å². The van der Waals surface area contributed by atoms with Gasteiger partial charge < -0.3 is 10.1 Å². The van der Waals surface area contributed by atoms with Crippen LogP contribution < -0.4 is 10.1 Å². The molecule has 1 aromatic rings. The van der Waals surface area contributed by atoms with Gasteiger partial charge in [0.25, 0.3) is 0 Å². The Morgan fingerprint density at radius 3 is 2.59 bits per heavy atom. The van der Waals surface area contributed by atoms with Crippen LogP contribution in [0.3, 0.4) is 0 Å². The number of hydrogen-bond donors (Lipinski definition) is 1. The van der Waals surface area contributed by atoms with Crippen LogP contribution in [0.2, 0.25) is 0 Å². The summed E-state index contributed by atoms with van der Waals surface area (Å²) in [5.74, 6) is 1.00. The molecule has 17 heavy (non-hydrogen) atoms. The highest BCUT2D eigenvalue weighted by atomic mass is 79.9. The Morgan fingerprint density at radius 1 is 1.41 bits per heavy atom. The number of halogens is 1. The van der Waals surface area contributed by atoms with Crippen molar-refractivity contribution >= 4 is 15.9 Å². The normalized spacial score (nSPS) is 12.6.